The lowest BCUT2D eigenvalue weighted by atomic mass is 9.97. The van der Waals surface area contributed by atoms with E-state index < -0.39 is 0 Å². The number of thioether (sulfide) groups is 1. The van der Waals surface area contributed by atoms with Crippen molar-refractivity contribution in [2.45, 2.75) is 49.0 Å². The number of benzene rings is 1. The predicted molar refractivity (Wildman–Crippen MR) is 89.8 cm³/mol. The Balaban J connectivity index is 1.66. The summed E-state index contributed by atoms with van der Waals surface area (Å²) in [6.07, 6.45) is 5.83. The van der Waals surface area contributed by atoms with Crippen molar-refractivity contribution in [3.8, 4) is 0 Å². The molecule has 1 aliphatic rings. The van der Waals surface area contributed by atoms with Gasteiger partial charge in [-0.2, -0.15) is 0 Å². The predicted octanol–water partition coefficient (Wildman–Crippen LogP) is 3.60. The van der Waals surface area contributed by atoms with Crippen molar-refractivity contribution in [2.24, 2.45) is 5.73 Å². The molecule has 1 aliphatic carbocycles. The van der Waals surface area contributed by atoms with E-state index in [-0.39, 0.29) is 11.4 Å². The molecule has 1 aromatic rings. The third-order valence-corrected chi connectivity index (χ3v) is 5.34. The number of halogens is 1. The summed E-state index contributed by atoms with van der Waals surface area (Å²) in [5.41, 5.74) is 5.71. The highest BCUT2D eigenvalue weighted by Gasteiger charge is 2.33. The van der Waals surface area contributed by atoms with E-state index in [0.29, 0.717) is 13.0 Å². The van der Waals surface area contributed by atoms with Gasteiger partial charge in [-0.05, 0) is 49.3 Å². The number of hydrogen-bond donors (Lipinski definition) is 2. The van der Waals surface area contributed by atoms with E-state index in [0.717, 1.165) is 30.0 Å². The summed E-state index contributed by atoms with van der Waals surface area (Å²) in [5, 5.41) is 3.91. The van der Waals surface area contributed by atoms with Crippen LogP contribution in [0.2, 0.25) is 5.02 Å². The first kappa shape index (κ1) is 16.7. The van der Waals surface area contributed by atoms with Crippen molar-refractivity contribution >= 4 is 29.3 Å². The van der Waals surface area contributed by atoms with Crippen molar-refractivity contribution in [1.82, 2.24) is 5.32 Å². The molecular weight excluding hydrogens is 304 g/mol. The Morgan fingerprint density at radius 1 is 1.29 bits per heavy atom. The van der Waals surface area contributed by atoms with Gasteiger partial charge in [-0.3, -0.25) is 4.79 Å². The summed E-state index contributed by atoms with van der Waals surface area (Å²) in [6, 6.07) is 7.80. The van der Waals surface area contributed by atoms with Gasteiger partial charge in [0.1, 0.15) is 0 Å². The highest BCUT2D eigenvalue weighted by atomic mass is 35.5. The maximum absolute atomic E-state index is 12.0. The standard InChI is InChI=1S/C16H23ClN2OS/c17-13-5-7-14(8-6-13)21-11-3-4-15(20)19-16(12-18)9-1-2-10-16/h5-8H,1-4,9-12,18H2,(H,19,20). The molecule has 1 amide bonds. The van der Waals surface area contributed by atoms with Crippen LogP contribution >= 0.6 is 23.4 Å². The van der Waals surface area contributed by atoms with E-state index >= 15 is 0 Å². The summed E-state index contributed by atoms with van der Waals surface area (Å²) in [5.74, 6) is 1.07. The summed E-state index contributed by atoms with van der Waals surface area (Å²) >= 11 is 7.61. The van der Waals surface area contributed by atoms with Crippen LogP contribution in [0.5, 0.6) is 0 Å². The fraction of sp³-hybridized carbons (Fsp3) is 0.562. The number of nitrogens with one attached hydrogen (secondary N) is 1. The van der Waals surface area contributed by atoms with Crippen molar-refractivity contribution in [1.29, 1.82) is 0 Å². The van der Waals surface area contributed by atoms with Gasteiger partial charge in [0.05, 0.1) is 5.54 Å². The minimum atomic E-state index is -0.125. The molecule has 3 nitrogen and oxygen atoms in total. The van der Waals surface area contributed by atoms with Gasteiger partial charge in [0.2, 0.25) is 5.91 Å². The van der Waals surface area contributed by atoms with Crippen molar-refractivity contribution < 1.29 is 4.79 Å². The lowest BCUT2D eigenvalue weighted by Gasteiger charge is -2.28. The zero-order valence-electron chi connectivity index (χ0n) is 12.2. The number of nitrogens with two attached hydrogens (primary N) is 1. The second kappa shape index (κ2) is 8.06. The Bertz CT molecular complexity index is 458. The van der Waals surface area contributed by atoms with Crippen LogP contribution in [0.3, 0.4) is 0 Å². The monoisotopic (exact) mass is 326 g/mol. The lowest BCUT2D eigenvalue weighted by Crippen LogP contribution is -2.51. The van der Waals surface area contributed by atoms with Gasteiger partial charge in [0, 0.05) is 22.9 Å². The van der Waals surface area contributed by atoms with Gasteiger partial charge in [0.15, 0.2) is 0 Å². The quantitative estimate of drug-likeness (QED) is 0.594. The lowest BCUT2D eigenvalue weighted by molar-refractivity contribution is -0.122. The van der Waals surface area contributed by atoms with Gasteiger partial charge in [0.25, 0.3) is 0 Å². The minimum Gasteiger partial charge on any atom is -0.349 e. The van der Waals surface area contributed by atoms with Crippen molar-refractivity contribution in [3.05, 3.63) is 29.3 Å². The topological polar surface area (TPSA) is 55.1 Å². The van der Waals surface area contributed by atoms with E-state index in [9.17, 15) is 4.79 Å². The molecule has 0 bridgehead atoms. The molecule has 0 radical (unpaired) electrons. The van der Waals surface area contributed by atoms with Gasteiger partial charge in [-0.15, -0.1) is 11.8 Å². The molecule has 0 saturated heterocycles. The first-order valence-electron chi connectivity index (χ1n) is 7.53. The Morgan fingerprint density at radius 3 is 2.57 bits per heavy atom. The van der Waals surface area contributed by atoms with Crippen LogP contribution in [0.25, 0.3) is 0 Å². The average molecular weight is 327 g/mol. The molecule has 1 fully saturated rings. The van der Waals surface area contributed by atoms with Crippen LogP contribution in [0.15, 0.2) is 29.2 Å². The smallest absolute Gasteiger partial charge is 0.220 e. The first-order valence-corrected chi connectivity index (χ1v) is 8.89. The second-order valence-corrected chi connectivity index (χ2v) is 7.25. The SMILES string of the molecule is NCC1(NC(=O)CCCSc2ccc(Cl)cc2)CCCC1. The summed E-state index contributed by atoms with van der Waals surface area (Å²) in [4.78, 5) is 13.2. The van der Waals surface area contributed by atoms with Gasteiger partial charge >= 0.3 is 0 Å². The van der Waals surface area contributed by atoms with Crippen molar-refractivity contribution in [2.75, 3.05) is 12.3 Å². The van der Waals surface area contributed by atoms with E-state index in [4.69, 9.17) is 17.3 Å². The highest BCUT2D eigenvalue weighted by molar-refractivity contribution is 7.99. The number of amides is 1. The van der Waals surface area contributed by atoms with Gasteiger partial charge in [-0.25, -0.2) is 0 Å². The molecular formula is C16H23ClN2OS. The van der Waals surface area contributed by atoms with Crippen LogP contribution in [-0.2, 0) is 4.79 Å². The molecule has 1 aromatic carbocycles. The number of rotatable bonds is 7. The van der Waals surface area contributed by atoms with E-state index in [1.54, 1.807) is 11.8 Å². The van der Waals surface area contributed by atoms with Gasteiger partial charge < -0.3 is 11.1 Å². The summed E-state index contributed by atoms with van der Waals surface area (Å²) in [6.45, 7) is 0.554. The molecule has 3 N–H and O–H groups in total. The first-order chi connectivity index (χ1) is 10.1. The third kappa shape index (κ3) is 5.20. The molecule has 0 atom stereocenters. The fourth-order valence-electron chi connectivity index (χ4n) is 2.74. The summed E-state index contributed by atoms with van der Waals surface area (Å²) in [7, 11) is 0. The van der Waals surface area contributed by atoms with Crippen LogP contribution in [0.4, 0.5) is 0 Å². The Kier molecular flexibility index (Phi) is 6.40. The van der Waals surface area contributed by atoms with Crippen LogP contribution in [-0.4, -0.2) is 23.7 Å². The Labute approximate surface area is 136 Å². The Hall–Kier alpha value is -0.710. The number of carbonyl (C=O) groups is 1. The molecule has 0 aromatic heterocycles. The maximum Gasteiger partial charge on any atom is 0.220 e. The third-order valence-electron chi connectivity index (χ3n) is 3.99. The van der Waals surface area contributed by atoms with E-state index in [1.807, 2.05) is 24.3 Å². The van der Waals surface area contributed by atoms with Crippen LogP contribution < -0.4 is 11.1 Å². The zero-order chi connectivity index (χ0) is 15.1. The molecule has 0 unspecified atom stereocenters. The maximum atomic E-state index is 12.0. The number of hydrogen-bond acceptors (Lipinski definition) is 3. The molecule has 1 saturated carbocycles. The summed E-state index contributed by atoms with van der Waals surface area (Å²) < 4.78 is 0. The largest absolute Gasteiger partial charge is 0.349 e. The molecule has 0 heterocycles. The van der Waals surface area contributed by atoms with E-state index in [1.165, 1.54) is 17.7 Å². The Morgan fingerprint density at radius 2 is 1.95 bits per heavy atom. The zero-order valence-corrected chi connectivity index (χ0v) is 13.8. The van der Waals surface area contributed by atoms with Gasteiger partial charge in [-0.1, -0.05) is 24.4 Å². The second-order valence-electron chi connectivity index (χ2n) is 5.65. The normalized spacial score (nSPS) is 16.9. The highest BCUT2D eigenvalue weighted by Crippen LogP contribution is 2.28. The van der Waals surface area contributed by atoms with Crippen LogP contribution in [0, 0.1) is 0 Å². The molecule has 0 aliphatic heterocycles. The van der Waals surface area contributed by atoms with Crippen LogP contribution in [0.1, 0.15) is 38.5 Å². The van der Waals surface area contributed by atoms with E-state index in [2.05, 4.69) is 5.32 Å². The average Bonchev–Trinajstić information content (AvgIpc) is 2.94. The fourth-order valence-corrected chi connectivity index (χ4v) is 3.72. The molecule has 5 heteroatoms. The minimum absolute atomic E-state index is 0.125. The molecule has 2 rings (SSSR count). The van der Waals surface area contributed by atoms with Crippen molar-refractivity contribution in [3.63, 3.8) is 0 Å². The number of carbonyl (C=O) groups excluding carboxylic acids is 1. The molecule has 0 spiro atoms. The molecule has 21 heavy (non-hydrogen) atoms. The molecule has 116 valence electrons.